The van der Waals surface area contributed by atoms with Gasteiger partial charge in [-0.1, -0.05) is 35.0 Å². The monoisotopic (exact) mass is 393 g/mol. The molecule has 1 N–H and O–H groups in total. The van der Waals surface area contributed by atoms with Crippen LogP contribution in [0.4, 0.5) is 5.13 Å². The minimum Gasteiger partial charge on any atom is -0.301 e. The van der Waals surface area contributed by atoms with Gasteiger partial charge in [0.25, 0.3) is 0 Å². The van der Waals surface area contributed by atoms with Crippen molar-refractivity contribution in [2.45, 2.75) is 19.8 Å². The first-order valence-corrected chi connectivity index (χ1v) is 9.51. The lowest BCUT2D eigenvalue weighted by Crippen LogP contribution is -2.39. The standard InChI is InChI=1S/C17H20BrN3OS/c1-12-3-2-8-21(9-12)10-16(22)20-17-19-15(11-23-17)13-4-6-14(18)7-5-13/h4-7,11-12H,2-3,8-10H2,1H3,(H,19,20,22). The van der Waals surface area contributed by atoms with Crippen LogP contribution in [0.15, 0.2) is 34.1 Å². The summed E-state index contributed by atoms with van der Waals surface area (Å²) in [5.41, 5.74) is 1.94. The van der Waals surface area contributed by atoms with Crippen molar-refractivity contribution in [3.63, 3.8) is 0 Å². The molecular formula is C17H20BrN3OS. The van der Waals surface area contributed by atoms with Crippen LogP contribution >= 0.6 is 27.3 Å². The number of piperidine rings is 1. The molecule has 0 aliphatic carbocycles. The molecule has 2 heterocycles. The van der Waals surface area contributed by atoms with Crippen molar-refractivity contribution >= 4 is 38.3 Å². The van der Waals surface area contributed by atoms with E-state index in [2.05, 4.69) is 38.1 Å². The molecule has 1 fully saturated rings. The molecular weight excluding hydrogens is 374 g/mol. The Morgan fingerprint density at radius 2 is 2.22 bits per heavy atom. The first kappa shape index (κ1) is 16.6. The van der Waals surface area contributed by atoms with E-state index in [0.717, 1.165) is 28.8 Å². The van der Waals surface area contributed by atoms with E-state index >= 15 is 0 Å². The fraction of sp³-hybridized carbons (Fsp3) is 0.412. The van der Waals surface area contributed by atoms with Crippen molar-refractivity contribution in [1.29, 1.82) is 0 Å². The van der Waals surface area contributed by atoms with Crippen LogP contribution in [0.2, 0.25) is 0 Å². The highest BCUT2D eigenvalue weighted by atomic mass is 79.9. The number of thiazole rings is 1. The summed E-state index contributed by atoms with van der Waals surface area (Å²) in [6.07, 6.45) is 2.45. The number of hydrogen-bond acceptors (Lipinski definition) is 4. The summed E-state index contributed by atoms with van der Waals surface area (Å²) in [5, 5.41) is 5.56. The van der Waals surface area contributed by atoms with Crippen molar-refractivity contribution in [3.8, 4) is 11.3 Å². The van der Waals surface area contributed by atoms with Crippen LogP contribution in [0.1, 0.15) is 19.8 Å². The molecule has 1 aliphatic heterocycles. The molecule has 3 rings (SSSR count). The van der Waals surface area contributed by atoms with E-state index in [4.69, 9.17) is 0 Å². The lowest BCUT2D eigenvalue weighted by atomic mass is 10.0. The van der Waals surface area contributed by atoms with Crippen LogP contribution in [0.3, 0.4) is 0 Å². The highest BCUT2D eigenvalue weighted by molar-refractivity contribution is 9.10. The van der Waals surface area contributed by atoms with Crippen molar-refractivity contribution in [1.82, 2.24) is 9.88 Å². The average Bonchev–Trinajstić information content (AvgIpc) is 2.96. The maximum Gasteiger partial charge on any atom is 0.240 e. The third-order valence-corrected chi connectivity index (χ3v) is 5.29. The smallest absolute Gasteiger partial charge is 0.240 e. The minimum absolute atomic E-state index is 0.0239. The van der Waals surface area contributed by atoms with Gasteiger partial charge in [-0.25, -0.2) is 4.98 Å². The number of nitrogens with zero attached hydrogens (tertiary/aromatic N) is 2. The lowest BCUT2D eigenvalue weighted by molar-refractivity contribution is -0.117. The summed E-state index contributed by atoms with van der Waals surface area (Å²) >= 11 is 4.89. The normalized spacial score (nSPS) is 18.8. The summed E-state index contributed by atoms with van der Waals surface area (Å²) in [4.78, 5) is 18.9. The van der Waals surface area contributed by atoms with E-state index in [0.29, 0.717) is 17.6 Å². The van der Waals surface area contributed by atoms with Gasteiger partial charge < -0.3 is 5.32 Å². The Bertz CT molecular complexity index is 671. The molecule has 1 atom stereocenters. The van der Waals surface area contributed by atoms with E-state index < -0.39 is 0 Å². The predicted molar refractivity (Wildman–Crippen MR) is 98.7 cm³/mol. The van der Waals surface area contributed by atoms with Gasteiger partial charge in [-0.05, 0) is 37.4 Å². The third-order valence-electron chi connectivity index (χ3n) is 4.00. The Balaban J connectivity index is 1.58. The molecule has 0 radical (unpaired) electrons. The molecule has 0 spiro atoms. The number of likely N-dealkylation sites (tertiary alicyclic amines) is 1. The van der Waals surface area contributed by atoms with Gasteiger partial charge in [0.05, 0.1) is 12.2 Å². The molecule has 4 nitrogen and oxygen atoms in total. The highest BCUT2D eigenvalue weighted by Gasteiger charge is 2.19. The molecule has 1 amide bonds. The van der Waals surface area contributed by atoms with Crippen molar-refractivity contribution in [2.24, 2.45) is 5.92 Å². The number of amides is 1. The van der Waals surface area contributed by atoms with Gasteiger partial charge in [0.15, 0.2) is 5.13 Å². The van der Waals surface area contributed by atoms with Gasteiger partial charge >= 0.3 is 0 Å². The van der Waals surface area contributed by atoms with Gasteiger partial charge in [0.1, 0.15) is 0 Å². The fourth-order valence-electron chi connectivity index (χ4n) is 2.88. The average molecular weight is 394 g/mol. The number of aromatic nitrogens is 1. The van der Waals surface area contributed by atoms with Crippen LogP contribution in [0.25, 0.3) is 11.3 Å². The fourth-order valence-corrected chi connectivity index (χ4v) is 3.88. The zero-order chi connectivity index (χ0) is 16.2. The van der Waals surface area contributed by atoms with Crippen molar-refractivity contribution in [2.75, 3.05) is 25.0 Å². The molecule has 1 aromatic carbocycles. The SMILES string of the molecule is CC1CCCN(CC(=O)Nc2nc(-c3ccc(Br)cc3)cs2)C1. The van der Waals surface area contributed by atoms with Gasteiger partial charge in [-0.2, -0.15) is 0 Å². The van der Waals surface area contributed by atoms with Gasteiger partial charge in [0, 0.05) is 22.0 Å². The maximum absolute atomic E-state index is 12.2. The molecule has 0 bridgehead atoms. The second-order valence-corrected chi connectivity index (χ2v) is 7.85. The predicted octanol–water partition coefficient (Wildman–Crippen LogP) is 4.24. The van der Waals surface area contributed by atoms with Crippen LogP contribution in [-0.2, 0) is 4.79 Å². The van der Waals surface area contributed by atoms with Crippen molar-refractivity contribution in [3.05, 3.63) is 34.1 Å². The molecule has 1 aliphatic rings. The molecule has 6 heteroatoms. The molecule has 23 heavy (non-hydrogen) atoms. The number of anilines is 1. The van der Waals surface area contributed by atoms with Crippen LogP contribution < -0.4 is 5.32 Å². The Labute approximate surface area is 149 Å². The summed E-state index contributed by atoms with van der Waals surface area (Å²) in [7, 11) is 0. The zero-order valence-electron chi connectivity index (χ0n) is 13.1. The first-order chi connectivity index (χ1) is 11.1. The molecule has 1 unspecified atom stereocenters. The van der Waals surface area contributed by atoms with Crippen molar-refractivity contribution < 1.29 is 4.79 Å². The molecule has 2 aromatic rings. The van der Waals surface area contributed by atoms with Gasteiger partial charge in [-0.3, -0.25) is 9.69 Å². The minimum atomic E-state index is 0.0239. The van der Waals surface area contributed by atoms with Crippen LogP contribution in [0, 0.1) is 5.92 Å². The number of carbonyl (C=O) groups excluding carboxylic acids is 1. The van der Waals surface area contributed by atoms with Gasteiger partial charge in [-0.15, -0.1) is 11.3 Å². The second-order valence-electron chi connectivity index (χ2n) is 6.08. The first-order valence-electron chi connectivity index (χ1n) is 7.84. The lowest BCUT2D eigenvalue weighted by Gasteiger charge is -2.29. The summed E-state index contributed by atoms with van der Waals surface area (Å²) < 4.78 is 1.04. The Morgan fingerprint density at radius 3 is 2.96 bits per heavy atom. The number of halogens is 1. The quantitative estimate of drug-likeness (QED) is 0.844. The van der Waals surface area contributed by atoms with Crippen LogP contribution in [-0.4, -0.2) is 35.4 Å². The molecule has 1 saturated heterocycles. The molecule has 1 aromatic heterocycles. The Morgan fingerprint density at radius 1 is 1.43 bits per heavy atom. The van der Waals surface area contributed by atoms with E-state index in [9.17, 15) is 4.79 Å². The van der Waals surface area contributed by atoms with E-state index in [1.165, 1.54) is 24.2 Å². The topological polar surface area (TPSA) is 45.2 Å². The molecule has 0 saturated carbocycles. The number of nitrogens with one attached hydrogen (secondary N) is 1. The Hall–Kier alpha value is -1.24. The summed E-state index contributed by atoms with van der Waals surface area (Å²) in [6, 6.07) is 8.01. The highest BCUT2D eigenvalue weighted by Crippen LogP contribution is 2.26. The number of hydrogen-bond donors (Lipinski definition) is 1. The van der Waals surface area contributed by atoms with E-state index in [-0.39, 0.29) is 5.91 Å². The Kier molecular flexibility index (Phi) is 5.46. The number of benzene rings is 1. The number of carbonyl (C=O) groups is 1. The maximum atomic E-state index is 12.2. The van der Waals surface area contributed by atoms with E-state index in [1.807, 2.05) is 29.6 Å². The third kappa shape index (κ3) is 4.62. The second kappa shape index (κ2) is 7.55. The van der Waals surface area contributed by atoms with Crippen LogP contribution in [0.5, 0.6) is 0 Å². The van der Waals surface area contributed by atoms with Gasteiger partial charge in [0.2, 0.25) is 5.91 Å². The largest absolute Gasteiger partial charge is 0.301 e. The molecule has 122 valence electrons. The summed E-state index contributed by atoms with van der Waals surface area (Å²) in [6.45, 7) is 4.72. The van der Waals surface area contributed by atoms with E-state index in [1.54, 1.807) is 0 Å². The summed E-state index contributed by atoms with van der Waals surface area (Å²) in [5.74, 6) is 0.705. The zero-order valence-corrected chi connectivity index (χ0v) is 15.5. The number of rotatable bonds is 4.